The number of alkyl halides is 2. The van der Waals surface area contributed by atoms with E-state index in [1.54, 1.807) is 19.3 Å². The minimum atomic E-state index is -2.99. The Labute approximate surface area is 203 Å². The van der Waals surface area contributed by atoms with Gasteiger partial charge in [-0.1, -0.05) is 36.4 Å². The van der Waals surface area contributed by atoms with E-state index in [2.05, 4.69) is 11.3 Å². The van der Waals surface area contributed by atoms with Crippen molar-refractivity contribution in [2.75, 3.05) is 14.2 Å². The van der Waals surface area contributed by atoms with Crippen LogP contribution in [0.4, 0.5) is 8.78 Å². The maximum atomic E-state index is 12.6. The van der Waals surface area contributed by atoms with Gasteiger partial charge in [-0.25, -0.2) is 0 Å². The molecule has 0 spiro atoms. The van der Waals surface area contributed by atoms with Crippen LogP contribution in [0.5, 0.6) is 23.0 Å². The number of rotatable bonds is 12. The van der Waals surface area contributed by atoms with Crippen LogP contribution in [-0.2, 0) is 13.0 Å². The summed E-state index contributed by atoms with van der Waals surface area (Å²) in [5, 5.41) is 0. The van der Waals surface area contributed by atoms with Crippen LogP contribution in [0.3, 0.4) is 0 Å². The zero-order chi connectivity index (χ0) is 25.2. The monoisotopic (exact) mass is 480 g/mol. The first kappa shape index (κ1) is 25.5. The van der Waals surface area contributed by atoms with Gasteiger partial charge < -0.3 is 18.9 Å². The summed E-state index contributed by atoms with van der Waals surface area (Å²) >= 11 is 0. The van der Waals surface area contributed by atoms with Gasteiger partial charge in [-0.15, -0.1) is 6.58 Å². The second kappa shape index (κ2) is 12.4. The molecule has 5 nitrogen and oxygen atoms in total. The summed E-state index contributed by atoms with van der Waals surface area (Å²) in [5.74, 6) is 1.01. The first-order valence-electron chi connectivity index (χ1n) is 10.8. The van der Waals surface area contributed by atoms with E-state index in [1.807, 2.05) is 42.5 Å². The molecule has 35 heavy (non-hydrogen) atoms. The number of carbonyl (C=O) groups excluding carboxylic acids is 1. The first-order chi connectivity index (χ1) is 16.9. The molecular weight excluding hydrogens is 454 g/mol. The third-order valence-corrected chi connectivity index (χ3v) is 5.12. The lowest BCUT2D eigenvalue weighted by atomic mass is 10.1. The molecule has 0 atom stereocenters. The highest BCUT2D eigenvalue weighted by atomic mass is 19.3. The zero-order valence-electron chi connectivity index (χ0n) is 19.5. The van der Waals surface area contributed by atoms with Gasteiger partial charge in [0.15, 0.2) is 17.3 Å². The van der Waals surface area contributed by atoms with E-state index in [1.165, 1.54) is 31.4 Å². The Morgan fingerprint density at radius 3 is 2.37 bits per heavy atom. The number of methoxy groups -OCH3 is 2. The molecule has 0 saturated heterocycles. The molecule has 0 aliphatic carbocycles. The third kappa shape index (κ3) is 6.93. The predicted molar refractivity (Wildman–Crippen MR) is 131 cm³/mol. The lowest BCUT2D eigenvalue weighted by Gasteiger charge is -2.13. The second-order valence-corrected chi connectivity index (χ2v) is 7.40. The summed E-state index contributed by atoms with van der Waals surface area (Å²) in [6, 6.07) is 17.3. The Hall–Kier alpha value is -4.13. The van der Waals surface area contributed by atoms with Crippen LogP contribution in [0.15, 0.2) is 79.4 Å². The molecule has 3 rings (SSSR count). The van der Waals surface area contributed by atoms with E-state index in [0.29, 0.717) is 12.2 Å². The molecule has 0 fully saturated rings. The summed E-state index contributed by atoms with van der Waals surface area (Å²) < 4.78 is 46.0. The minimum Gasteiger partial charge on any atom is -0.496 e. The van der Waals surface area contributed by atoms with Crippen molar-refractivity contribution in [2.24, 2.45) is 0 Å². The van der Waals surface area contributed by atoms with Crippen molar-refractivity contribution in [2.45, 2.75) is 19.6 Å². The summed E-state index contributed by atoms with van der Waals surface area (Å²) in [7, 11) is 2.90. The lowest BCUT2D eigenvalue weighted by molar-refractivity contribution is -0.0512. The number of hydrogen-bond acceptors (Lipinski definition) is 5. The standard InChI is InChI=1S/C28H26F2O5/c1-4-7-20-8-5-6-9-25(20)34-18-22-16-19(11-14-24(22)32-2)10-13-23(31)21-12-15-26(35-28(29)30)27(17-21)33-3/h4-6,8-17,28H,1,7,18H2,2-3H3/b13-10+. The van der Waals surface area contributed by atoms with E-state index < -0.39 is 6.61 Å². The van der Waals surface area contributed by atoms with Gasteiger partial charge >= 0.3 is 6.61 Å². The number of benzene rings is 3. The van der Waals surface area contributed by atoms with Crippen molar-refractivity contribution in [3.8, 4) is 23.0 Å². The normalized spacial score (nSPS) is 10.9. The van der Waals surface area contributed by atoms with Crippen LogP contribution in [0.2, 0.25) is 0 Å². The lowest BCUT2D eigenvalue weighted by Crippen LogP contribution is -2.04. The Morgan fingerprint density at radius 1 is 0.914 bits per heavy atom. The van der Waals surface area contributed by atoms with Crippen LogP contribution in [0, 0.1) is 0 Å². The van der Waals surface area contributed by atoms with Crippen molar-refractivity contribution in [3.63, 3.8) is 0 Å². The van der Waals surface area contributed by atoms with E-state index in [4.69, 9.17) is 14.2 Å². The molecule has 0 aliphatic rings. The van der Waals surface area contributed by atoms with E-state index in [0.717, 1.165) is 22.4 Å². The van der Waals surface area contributed by atoms with Crippen molar-refractivity contribution in [1.82, 2.24) is 0 Å². The molecule has 182 valence electrons. The van der Waals surface area contributed by atoms with Crippen molar-refractivity contribution in [1.29, 1.82) is 0 Å². The fraction of sp³-hybridized carbons (Fsp3) is 0.179. The highest BCUT2D eigenvalue weighted by Crippen LogP contribution is 2.30. The van der Waals surface area contributed by atoms with Gasteiger partial charge in [-0.2, -0.15) is 8.78 Å². The van der Waals surface area contributed by atoms with Crippen molar-refractivity contribution >= 4 is 11.9 Å². The smallest absolute Gasteiger partial charge is 0.387 e. The molecule has 0 bridgehead atoms. The van der Waals surface area contributed by atoms with Gasteiger partial charge in [0.2, 0.25) is 0 Å². The molecule has 0 heterocycles. The summed E-state index contributed by atoms with van der Waals surface area (Å²) in [6.07, 6.45) is 5.57. The molecule has 0 saturated carbocycles. The van der Waals surface area contributed by atoms with E-state index in [-0.39, 0.29) is 29.5 Å². The van der Waals surface area contributed by atoms with E-state index in [9.17, 15) is 13.6 Å². The zero-order valence-corrected chi connectivity index (χ0v) is 19.5. The molecule has 7 heteroatoms. The Morgan fingerprint density at radius 2 is 1.66 bits per heavy atom. The maximum absolute atomic E-state index is 12.6. The van der Waals surface area contributed by atoms with Crippen LogP contribution < -0.4 is 18.9 Å². The average molecular weight is 481 g/mol. The average Bonchev–Trinajstić information content (AvgIpc) is 2.86. The van der Waals surface area contributed by atoms with Crippen LogP contribution >= 0.6 is 0 Å². The number of para-hydroxylation sites is 1. The number of hydrogen-bond donors (Lipinski definition) is 0. The molecule has 3 aromatic carbocycles. The quantitative estimate of drug-likeness (QED) is 0.168. The second-order valence-electron chi connectivity index (χ2n) is 7.40. The van der Waals surface area contributed by atoms with Crippen LogP contribution in [0.25, 0.3) is 6.08 Å². The molecule has 0 unspecified atom stereocenters. The maximum Gasteiger partial charge on any atom is 0.387 e. The van der Waals surface area contributed by atoms with Gasteiger partial charge in [0, 0.05) is 11.1 Å². The fourth-order valence-electron chi connectivity index (χ4n) is 3.42. The van der Waals surface area contributed by atoms with Crippen molar-refractivity contribution < 1.29 is 32.5 Å². The molecule has 0 aromatic heterocycles. The molecular formula is C28H26F2O5. The highest BCUT2D eigenvalue weighted by Gasteiger charge is 2.13. The Balaban J connectivity index is 1.76. The minimum absolute atomic E-state index is 0.0465. The summed E-state index contributed by atoms with van der Waals surface area (Å²) in [4.78, 5) is 12.6. The Kier molecular flexibility index (Phi) is 9.01. The summed E-state index contributed by atoms with van der Waals surface area (Å²) in [6.45, 7) is 1.06. The third-order valence-electron chi connectivity index (χ3n) is 5.12. The molecule has 0 radical (unpaired) electrons. The number of ether oxygens (including phenoxy) is 4. The van der Waals surface area contributed by atoms with Gasteiger partial charge in [0.05, 0.1) is 14.2 Å². The van der Waals surface area contributed by atoms with Crippen LogP contribution in [0.1, 0.15) is 27.0 Å². The van der Waals surface area contributed by atoms with Crippen molar-refractivity contribution in [3.05, 3.63) is 102 Å². The number of allylic oxidation sites excluding steroid dienone is 2. The number of ketones is 1. The number of carbonyl (C=O) groups is 1. The molecule has 0 amide bonds. The first-order valence-corrected chi connectivity index (χ1v) is 10.8. The number of halogens is 2. The highest BCUT2D eigenvalue weighted by molar-refractivity contribution is 6.07. The summed E-state index contributed by atoms with van der Waals surface area (Å²) in [5.41, 5.74) is 2.88. The largest absolute Gasteiger partial charge is 0.496 e. The van der Waals surface area contributed by atoms with E-state index >= 15 is 0 Å². The van der Waals surface area contributed by atoms with Gasteiger partial charge in [-0.3, -0.25) is 4.79 Å². The molecule has 3 aromatic rings. The Bertz CT molecular complexity index is 1200. The predicted octanol–water partition coefficient (Wildman–Crippen LogP) is 6.51. The topological polar surface area (TPSA) is 54.0 Å². The molecule has 0 aliphatic heterocycles. The van der Waals surface area contributed by atoms with Gasteiger partial charge in [0.1, 0.15) is 18.1 Å². The van der Waals surface area contributed by atoms with Crippen LogP contribution in [-0.4, -0.2) is 26.6 Å². The van der Waals surface area contributed by atoms with Gasteiger partial charge in [-0.05, 0) is 60.0 Å². The fourth-order valence-corrected chi connectivity index (χ4v) is 3.42. The molecule has 0 N–H and O–H groups in total. The van der Waals surface area contributed by atoms with Gasteiger partial charge in [0.25, 0.3) is 0 Å². The SMILES string of the molecule is C=CCc1ccccc1OCc1cc(/C=C/C(=O)c2ccc(OC(F)F)c(OC)c2)ccc1OC.